The molecular formula is C19H20Cl2N2O3. The Kier molecular flexibility index (Phi) is 7.45. The number of nitrogens with zero attached hydrogens (tertiary/aromatic N) is 1. The van der Waals surface area contributed by atoms with E-state index in [2.05, 4.69) is 10.1 Å². The van der Waals surface area contributed by atoms with Gasteiger partial charge in [0.1, 0.15) is 0 Å². The number of halogens is 2. The highest BCUT2D eigenvalue weighted by molar-refractivity contribution is 6.35. The maximum absolute atomic E-state index is 12.1. The van der Waals surface area contributed by atoms with Crippen molar-refractivity contribution in [3.63, 3.8) is 0 Å². The van der Waals surface area contributed by atoms with Gasteiger partial charge < -0.3 is 10.1 Å². The highest BCUT2D eigenvalue weighted by atomic mass is 35.5. The Morgan fingerprint density at radius 3 is 2.42 bits per heavy atom. The number of carbonyl (C=O) groups is 2. The first-order valence-electron chi connectivity index (χ1n) is 7.95. The van der Waals surface area contributed by atoms with E-state index >= 15 is 0 Å². The van der Waals surface area contributed by atoms with E-state index in [-0.39, 0.29) is 18.4 Å². The number of benzene rings is 2. The zero-order valence-corrected chi connectivity index (χ0v) is 16.1. The van der Waals surface area contributed by atoms with Crippen LogP contribution in [0.1, 0.15) is 21.5 Å². The van der Waals surface area contributed by atoms with Crippen LogP contribution < -0.4 is 5.32 Å². The molecule has 0 atom stereocenters. The van der Waals surface area contributed by atoms with Gasteiger partial charge in [0.05, 0.1) is 19.2 Å². The molecule has 0 aliphatic carbocycles. The molecule has 5 nitrogen and oxygen atoms in total. The average molecular weight is 395 g/mol. The van der Waals surface area contributed by atoms with Gasteiger partial charge in [0.15, 0.2) is 0 Å². The van der Waals surface area contributed by atoms with Crippen LogP contribution in [-0.4, -0.2) is 37.5 Å². The molecule has 2 aromatic carbocycles. The smallest absolute Gasteiger partial charge is 0.337 e. The summed E-state index contributed by atoms with van der Waals surface area (Å²) in [4.78, 5) is 25.4. The maximum Gasteiger partial charge on any atom is 0.337 e. The van der Waals surface area contributed by atoms with Crippen molar-refractivity contribution in [3.05, 3.63) is 69.2 Å². The molecule has 138 valence electrons. The van der Waals surface area contributed by atoms with E-state index in [1.165, 1.54) is 7.11 Å². The van der Waals surface area contributed by atoms with E-state index in [0.29, 0.717) is 28.7 Å². The first kappa shape index (κ1) is 20.2. The topological polar surface area (TPSA) is 58.6 Å². The van der Waals surface area contributed by atoms with Crippen molar-refractivity contribution in [1.29, 1.82) is 0 Å². The number of likely N-dealkylation sites (N-methyl/N-ethyl adjacent to an activating group) is 1. The Morgan fingerprint density at radius 1 is 1.12 bits per heavy atom. The summed E-state index contributed by atoms with van der Waals surface area (Å²) in [5, 5.41) is 4.01. The molecule has 0 bridgehead atoms. The number of rotatable bonds is 7. The zero-order valence-electron chi connectivity index (χ0n) is 14.6. The maximum atomic E-state index is 12.1. The van der Waals surface area contributed by atoms with Gasteiger partial charge in [-0.3, -0.25) is 9.69 Å². The van der Waals surface area contributed by atoms with Gasteiger partial charge in [-0.2, -0.15) is 0 Å². The van der Waals surface area contributed by atoms with Crippen molar-refractivity contribution in [2.24, 2.45) is 0 Å². The van der Waals surface area contributed by atoms with Crippen molar-refractivity contribution >= 4 is 35.1 Å². The van der Waals surface area contributed by atoms with Gasteiger partial charge in [-0.1, -0.05) is 41.4 Å². The summed E-state index contributed by atoms with van der Waals surface area (Å²) in [5.41, 5.74) is 2.28. The summed E-state index contributed by atoms with van der Waals surface area (Å²) < 4.78 is 4.65. The Bertz CT molecular complexity index is 779. The number of ether oxygens (including phenoxy) is 1. The SMILES string of the molecule is COC(=O)c1ccc(CNC(=O)CN(C)Cc2ccc(Cl)cc2Cl)cc1. The lowest BCUT2D eigenvalue weighted by Crippen LogP contribution is -2.34. The van der Waals surface area contributed by atoms with Crippen LogP contribution in [0.15, 0.2) is 42.5 Å². The Balaban J connectivity index is 1.81. The highest BCUT2D eigenvalue weighted by Crippen LogP contribution is 2.21. The van der Waals surface area contributed by atoms with Crippen molar-refractivity contribution in [2.45, 2.75) is 13.1 Å². The van der Waals surface area contributed by atoms with Crippen LogP contribution in [0.25, 0.3) is 0 Å². The monoisotopic (exact) mass is 394 g/mol. The normalized spacial score (nSPS) is 10.7. The van der Waals surface area contributed by atoms with Gasteiger partial charge in [0.25, 0.3) is 0 Å². The van der Waals surface area contributed by atoms with Gasteiger partial charge in [-0.05, 0) is 42.4 Å². The fourth-order valence-corrected chi connectivity index (χ4v) is 2.84. The van der Waals surface area contributed by atoms with Crippen molar-refractivity contribution in [2.75, 3.05) is 20.7 Å². The molecular weight excluding hydrogens is 375 g/mol. The van der Waals surface area contributed by atoms with Gasteiger partial charge in [0, 0.05) is 23.1 Å². The third kappa shape index (κ3) is 6.02. The molecule has 0 heterocycles. The molecule has 0 spiro atoms. The molecule has 2 aromatic rings. The lowest BCUT2D eigenvalue weighted by molar-refractivity contribution is -0.122. The van der Waals surface area contributed by atoms with Crippen LogP contribution in [0.2, 0.25) is 10.0 Å². The summed E-state index contributed by atoms with van der Waals surface area (Å²) in [6.45, 7) is 1.16. The lowest BCUT2D eigenvalue weighted by Gasteiger charge is -2.17. The standard InChI is InChI=1S/C19H20Cl2N2O3/c1-23(11-15-7-8-16(20)9-17(15)21)12-18(24)22-10-13-3-5-14(6-4-13)19(25)26-2/h3-9H,10-12H2,1-2H3,(H,22,24). The first-order chi connectivity index (χ1) is 12.4. The molecule has 0 aliphatic rings. The fourth-order valence-electron chi connectivity index (χ4n) is 2.37. The molecule has 1 N–H and O–H groups in total. The van der Waals surface area contributed by atoms with E-state index in [0.717, 1.165) is 11.1 Å². The van der Waals surface area contributed by atoms with E-state index in [9.17, 15) is 9.59 Å². The highest BCUT2D eigenvalue weighted by Gasteiger charge is 2.10. The van der Waals surface area contributed by atoms with Crippen LogP contribution in [-0.2, 0) is 22.6 Å². The van der Waals surface area contributed by atoms with Gasteiger partial charge in [-0.15, -0.1) is 0 Å². The second-order valence-electron chi connectivity index (χ2n) is 5.87. The summed E-state index contributed by atoms with van der Waals surface area (Å²) >= 11 is 12.0. The third-order valence-corrected chi connectivity index (χ3v) is 4.32. The number of esters is 1. The molecule has 26 heavy (non-hydrogen) atoms. The molecule has 0 unspecified atom stereocenters. The lowest BCUT2D eigenvalue weighted by atomic mass is 10.1. The number of amides is 1. The van der Waals surface area contributed by atoms with E-state index in [1.807, 2.05) is 18.0 Å². The molecule has 2 rings (SSSR count). The number of hydrogen-bond donors (Lipinski definition) is 1. The van der Waals surface area contributed by atoms with E-state index in [4.69, 9.17) is 23.2 Å². The Morgan fingerprint density at radius 2 is 1.81 bits per heavy atom. The van der Waals surface area contributed by atoms with E-state index < -0.39 is 0 Å². The molecule has 0 aromatic heterocycles. The second kappa shape index (κ2) is 9.57. The summed E-state index contributed by atoms with van der Waals surface area (Å²) in [6.07, 6.45) is 0. The fraction of sp³-hybridized carbons (Fsp3) is 0.263. The van der Waals surface area contributed by atoms with Crippen molar-refractivity contribution in [1.82, 2.24) is 10.2 Å². The molecule has 1 amide bonds. The molecule has 0 fully saturated rings. The molecule has 0 aliphatic heterocycles. The van der Waals surface area contributed by atoms with Crippen LogP contribution >= 0.6 is 23.2 Å². The quantitative estimate of drug-likeness (QED) is 0.729. The molecule has 0 saturated carbocycles. The summed E-state index contributed by atoms with van der Waals surface area (Å²) in [6, 6.07) is 12.2. The molecule has 0 saturated heterocycles. The van der Waals surface area contributed by atoms with Gasteiger partial charge >= 0.3 is 5.97 Å². The van der Waals surface area contributed by atoms with Gasteiger partial charge in [0.2, 0.25) is 5.91 Å². The van der Waals surface area contributed by atoms with Crippen molar-refractivity contribution < 1.29 is 14.3 Å². The minimum atomic E-state index is -0.386. The summed E-state index contributed by atoms with van der Waals surface area (Å²) in [5.74, 6) is -0.488. The molecule has 7 heteroatoms. The van der Waals surface area contributed by atoms with Crippen LogP contribution in [0.5, 0.6) is 0 Å². The van der Waals surface area contributed by atoms with Gasteiger partial charge in [-0.25, -0.2) is 4.79 Å². The van der Waals surface area contributed by atoms with Crippen LogP contribution in [0.3, 0.4) is 0 Å². The average Bonchev–Trinajstić information content (AvgIpc) is 2.62. The minimum Gasteiger partial charge on any atom is -0.465 e. The molecule has 0 radical (unpaired) electrons. The minimum absolute atomic E-state index is 0.102. The number of methoxy groups -OCH3 is 1. The summed E-state index contributed by atoms with van der Waals surface area (Å²) in [7, 11) is 3.18. The number of hydrogen-bond acceptors (Lipinski definition) is 4. The predicted octanol–water partition coefficient (Wildman–Crippen LogP) is 3.53. The third-order valence-electron chi connectivity index (χ3n) is 3.73. The number of carbonyl (C=O) groups excluding carboxylic acids is 2. The predicted molar refractivity (Wildman–Crippen MR) is 102 cm³/mol. The van der Waals surface area contributed by atoms with Crippen LogP contribution in [0.4, 0.5) is 0 Å². The van der Waals surface area contributed by atoms with Crippen molar-refractivity contribution in [3.8, 4) is 0 Å². The Labute approximate surface area is 162 Å². The number of nitrogens with one attached hydrogen (secondary N) is 1. The Hall–Kier alpha value is -2.08. The van der Waals surface area contributed by atoms with Crippen LogP contribution in [0, 0.1) is 0 Å². The largest absolute Gasteiger partial charge is 0.465 e. The second-order valence-corrected chi connectivity index (χ2v) is 6.72. The zero-order chi connectivity index (χ0) is 19.1. The first-order valence-corrected chi connectivity index (χ1v) is 8.71. The van der Waals surface area contributed by atoms with E-state index in [1.54, 1.807) is 36.4 Å².